The first-order valence-corrected chi connectivity index (χ1v) is 9.54. The highest BCUT2D eigenvalue weighted by Gasteiger charge is 2.26. The van der Waals surface area contributed by atoms with Crippen molar-refractivity contribution in [2.24, 2.45) is 0 Å². The molecule has 2 fully saturated rings. The van der Waals surface area contributed by atoms with Gasteiger partial charge < -0.3 is 0 Å². The largest absolute Gasteiger partial charge is 0.233 e. The number of hydrogen-bond donors (Lipinski definition) is 0. The summed E-state index contributed by atoms with van der Waals surface area (Å²) in [5.74, 6) is 1.55. The van der Waals surface area contributed by atoms with Crippen LogP contribution >= 0.6 is 11.3 Å². The van der Waals surface area contributed by atoms with E-state index in [1.807, 2.05) is 0 Å². The summed E-state index contributed by atoms with van der Waals surface area (Å²) in [5.41, 5.74) is 7.69. The number of hydrogen-bond acceptors (Lipinski definition) is 2. The van der Waals surface area contributed by atoms with E-state index in [9.17, 15) is 0 Å². The van der Waals surface area contributed by atoms with Gasteiger partial charge in [0.05, 0.1) is 10.2 Å². The zero-order valence-corrected chi connectivity index (χ0v) is 13.6. The summed E-state index contributed by atoms with van der Waals surface area (Å²) in [7, 11) is 0. The number of thiazole rings is 1. The lowest BCUT2D eigenvalue weighted by atomic mass is 9.75. The van der Waals surface area contributed by atoms with Crippen LogP contribution in [0.25, 0.3) is 10.2 Å². The molecule has 0 atom stereocenters. The topological polar surface area (TPSA) is 12.9 Å². The van der Waals surface area contributed by atoms with Gasteiger partial charge in [-0.15, -0.1) is 11.3 Å². The number of aromatic nitrogens is 1. The summed E-state index contributed by atoms with van der Waals surface area (Å²) in [6.45, 7) is 0. The van der Waals surface area contributed by atoms with Gasteiger partial charge in [0.15, 0.2) is 5.51 Å². The van der Waals surface area contributed by atoms with E-state index in [1.54, 1.807) is 22.5 Å². The van der Waals surface area contributed by atoms with E-state index >= 15 is 0 Å². The molecule has 1 aromatic carbocycles. The lowest BCUT2D eigenvalue weighted by molar-refractivity contribution is 0.420. The third-order valence-electron chi connectivity index (χ3n) is 5.59. The fourth-order valence-corrected chi connectivity index (χ4v) is 5.13. The highest BCUT2D eigenvalue weighted by Crippen LogP contribution is 2.44. The Morgan fingerprint density at radius 3 is 2.24 bits per heavy atom. The highest BCUT2D eigenvalue weighted by molar-refractivity contribution is 7.16. The first-order chi connectivity index (χ1) is 10.4. The van der Waals surface area contributed by atoms with Crippen LogP contribution in [-0.4, -0.2) is 4.98 Å². The molecular weight excluding hydrogens is 274 g/mol. The summed E-state index contributed by atoms with van der Waals surface area (Å²) < 4.78 is 1.34. The molecule has 0 N–H and O–H groups in total. The maximum absolute atomic E-state index is 4.64. The van der Waals surface area contributed by atoms with Crippen molar-refractivity contribution < 1.29 is 0 Å². The maximum Gasteiger partial charge on any atom is 0.153 e. The van der Waals surface area contributed by atoms with Crippen LogP contribution in [0.3, 0.4) is 0 Å². The Labute approximate surface area is 131 Å². The van der Waals surface area contributed by atoms with E-state index in [2.05, 4.69) is 22.6 Å². The molecule has 2 heteroatoms. The van der Waals surface area contributed by atoms with Crippen LogP contribution in [0.5, 0.6) is 0 Å². The Hall–Kier alpha value is -0.890. The Kier molecular flexibility index (Phi) is 3.98. The summed E-state index contributed by atoms with van der Waals surface area (Å²) in [6.07, 6.45) is 14.0. The lowest BCUT2D eigenvalue weighted by Gasteiger charge is -2.29. The quantitative estimate of drug-likeness (QED) is 0.644. The van der Waals surface area contributed by atoms with Crippen molar-refractivity contribution in [2.75, 3.05) is 0 Å². The van der Waals surface area contributed by atoms with Gasteiger partial charge >= 0.3 is 0 Å². The van der Waals surface area contributed by atoms with Crippen LogP contribution < -0.4 is 0 Å². The zero-order valence-electron chi connectivity index (χ0n) is 12.7. The fourth-order valence-electron chi connectivity index (χ4n) is 4.51. The molecule has 0 bridgehead atoms. The van der Waals surface area contributed by atoms with Crippen LogP contribution in [0.4, 0.5) is 0 Å². The van der Waals surface area contributed by atoms with Crippen LogP contribution in [-0.2, 0) is 0 Å². The van der Waals surface area contributed by atoms with Crippen LogP contribution in [0.1, 0.15) is 87.2 Å². The van der Waals surface area contributed by atoms with Gasteiger partial charge in [-0.3, -0.25) is 0 Å². The van der Waals surface area contributed by atoms with Gasteiger partial charge in [0.25, 0.3) is 0 Å². The average molecular weight is 298 g/mol. The van der Waals surface area contributed by atoms with Crippen molar-refractivity contribution in [3.8, 4) is 0 Å². The second-order valence-corrected chi connectivity index (χ2v) is 7.72. The number of rotatable bonds is 2. The molecule has 1 radical (unpaired) electrons. The summed E-state index contributed by atoms with van der Waals surface area (Å²) in [5, 5.41) is 0. The van der Waals surface area contributed by atoms with E-state index in [0.717, 1.165) is 11.8 Å². The predicted molar refractivity (Wildman–Crippen MR) is 90.1 cm³/mol. The molecule has 4 rings (SSSR count). The Morgan fingerprint density at radius 1 is 0.857 bits per heavy atom. The van der Waals surface area contributed by atoms with Crippen molar-refractivity contribution in [3.63, 3.8) is 0 Å². The molecule has 2 aliphatic rings. The maximum atomic E-state index is 4.64. The van der Waals surface area contributed by atoms with Gasteiger partial charge in [-0.05, 0) is 54.7 Å². The van der Waals surface area contributed by atoms with Crippen LogP contribution in [0, 0.1) is 5.51 Å². The van der Waals surface area contributed by atoms with E-state index in [0.29, 0.717) is 0 Å². The molecule has 0 aliphatic heterocycles. The number of benzene rings is 1. The van der Waals surface area contributed by atoms with Gasteiger partial charge in [-0.2, -0.15) is 0 Å². The summed E-state index contributed by atoms with van der Waals surface area (Å²) >= 11 is 1.68. The molecule has 2 saturated carbocycles. The molecule has 1 aromatic heterocycles. The zero-order chi connectivity index (χ0) is 14.1. The molecule has 2 aromatic rings. The first kappa shape index (κ1) is 13.8. The molecule has 0 unspecified atom stereocenters. The van der Waals surface area contributed by atoms with E-state index < -0.39 is 0 Å². The normalized spacial score (nSPS) is 21.9. The van der Waals surface area contributed by atoms with Crippen molar-refractivity contribution in [1.82, 2.24) is 4.98 Å². The lowest BCUT2D eigenvalue weighted by Crippen LogP contribution is -2.12. The van der Waals surface area contributed by atoms with Gasteiger partial charge in [-0.25, -0.2) is 4.98 Å². The Morgan fingerprint density at radius 2 is 1.52 bits per heavy atom. The molecule has 2 aliphatic carbocycles. The summed E-state index contributed by atoms with van der Waals surface area (Å²) in [6, 6.07) is 4.74. The van der Waals surface area contributed by atoms with Crippen molar-refractivity contribution in [2.45, 2.75) is 76.0 Å². The predicted octanol–water partition coefficient (Wildman–Crippen LogP) is 6.19. The monoisotopic (exact) mass is 298 g/mol. The second kappa shape index (κ2) is 6.08. The minimum atomic E-state index is 0.759. The highest BCUT2D eigenvalue weighted by atomic mass is 32.1. The van der Waals surface area contributed by atoms with Crippen LogP contribution in [0.2, 0.25) is 0 Å². The standard InChI is InChI=1S/C19H24NS/c1-3-7-14(8-4-1)16-11-12-17-19(20-13-21-17)18(16)15-9-5-2-6-10-15/h11-12,14-15H,1-10H2. The molecule has 21 heavy (non-hydrogen) atoms. The first-order valence-electron chi connectivity index (χ1n) is 8.73. The molecule has 1 nitrogen and oxygen atoms in total. The third kappa shape index (κ3) is 2.63. The number of fused-ring (bicyclic) bond motifs is 1. The van der Waals surface area contributed by atoms with E-state index in [1.165, 1.54) is 74.4 Å². The second-order valence-electron chi connectivity index (χ2n) is 6.89. The molecule has 0 spiro atoms. The Bertz CT molecular complexity index is 603. The van der Waals surface area contributed by atoms with Gasteiger partial charge in [0, 0.05) is 0 Å². The van der Waals surface area contributed by atoms with E-state index in [-0.39, 0.29) is 0 Å². The van der Waals surface area contributed by atoms with Gasteiger partial charge in [0.2, 0.25) is 0 Å². The molecule has 0 amide bonds. The fraction of sp³-hybridized carbons (Fsp3) is 0.632. The molecule has 1 heterocycles. The average Bonchev–Trinajstić information content (AvgIpc) is 3.04. The van der Waals surface area contributed by atoms with Crippen LogP contribution in [0.15, 0.2) is 12.1 Å². The van der Waals surface area contributed by atoms with Crippen molar-refractivity contribution in [1.29, 1.82) is 0 Å². The molecule has 0 saturated heterocycles. The van der Waals surface area contributed by atoms with Crippen molar-refractivity contribution >= 4 is 21.6 Å². The minimum Gasteiger partial charge on any atom is -0.233 e. The Balaban J connectivity index is 1.80. The SMILES string of the molecule is [c]1nc2c(C3CCCCC3)c(C3CCCCC3)ccc2s1. The van der Waals surface area contributed by atoms with Gasteiger partial charge in [-0.1, -0.05) is 44.6 Å². The smallest absolute Gasteiger partial charge is 0.153 e. The van der Waals surface area contributed by atoms with E-state index in [4.69, 9.17) is 0 Å². The molecular formula is C19H24NS. The summed E-state index contributed by atoms with van der Waals surface area (Å²) in [4.78, 5) is 4.64. The minimum absolute atomic E-state index is 0.759. The van der Waals surface area contributed by atoms with Crippen molar-refractivity contribution in [3.05, 3.63) is 28.8 Å². The van der Waals surface area contributed by atoms with Gasteiger partial charge in [0.1, 0.15) is 0 Å². The number of nitrogens with zero attached hydrogens (tertiary/aromatic N) is 1. The molecule has 111 valence electrons. The third-order valence-corrected chi connectivity index (χ3v) is 6.32.